The van der Waals surface area contributed by atoms with Crippen molar-refractivity contribution in [2.45, 2.75) is 13.8 Å². The summed E-state index contributed by atoms with van der Waals surface area (Å²) in [5.41, 5.74) is 0.762. The predicted molar refractivity (Wildman–Crippen MR) is 69.3 cm³/mol. The zero-order valence-electron chi connectivity index (χ0n) is 10.6. The van der Waals surface area contributed by atoms with Crippen molar-refractivity contribution in [3.8, 4) is 5.75 Å². The van der Waals surface area contributed by atoms with E-state index in [9.17, 15) is 4.79 Å². The lowest BCUT2D eigenvalue weighted by atomic mass is 10.1. The largest absolute Gasteiger partial charge is 0.497 e. The van der Waals surface area contributed by atoms with Crippen molar-refractivity contribution in [3.05, 3.63) is 24.3 Å². The van der Waals surface area contributed by atoms with E-state index in [4.69, 9.17) is 4.74 Å². The highest BCUT2D eigenvalue weighted by Crippen LogP contribution is 2.17. The van der Waals surface area contributed by atoms with Gasteiger partial charge in [-0.2, -0.15) is 0 Å². The first-order valence-corrected chi connectivity index (χ1v) is 5.83. The number of carbonyl (C=O) groups is 1. The normalized spacial score (nSPS) is 11.9. The third kappa shape index (κ3) is 4.44. The van der Waals surface area contributed by atoms with E-state index in [0.717, 1.165) is 18.0 Å². The van der Waals surface area contributed by atoms with Crippen LogP contribution in [0.5, 0.6) is 5.75 Å². The maximum absolute atomic E-state index is 11.8. The molecule has 1 amide bonds. The van der Waals surface area contributed by atoms with Crippen molar-refractivity contribution in [2.24, 2.45) is 5.92 Å². The molecule has 0 radical (unpaired) electrons. The summed E-state index contributed by atoms with van der Waals surface area (Å²) in [7, 11) is 1.61. The number of amides is 1. The average molecular weight is 236 g/mol. The summed E-state index contributed by atoms with van der Waals surface area (Å²) >= 11 is 0. The number of hydrogen-bond donors (Lipinski definition) is 2. The molecule has 1 aromatic carbocycles. The fraction of sp³-hybridized carbons (Fsp3) is 0.462. The first-order chi connectivity index (χ1) is 8.17. The van der Waals surface area contributed by atoms with Crippen molar-refractivity contribution in [1.29, 1.82) is 0 Å². The molecule has 0 aliphatic heterocycles. The maximum atomic E-state index is 11.8. The van der Waals surface area contributed by atoms with Crippen LogP contribution < -0.4 is 15.4 Å². The second-order valence-corrected chi connectivity index (χ2v) is 3.93. The Bertz CT molecular complexity index is 366. The zero-order valence-corrected chi connectivity index (χ0v) is 10.6. The molecule has 1 rings (SSSR count). The van der Waals surface area contributed by atoms with E-state index in [-0.39, 0.29) is 11.8 Å². The molecule has 94 valence electrons. The molecule has 1 aromatic rings. The molecule has 1 unspecified atom stereocenters. The number of anilines is 1. The SMILES string of the molecule is CCNCC(C)C(=O)Nc1cccc(OC)c1. The van der Waals surface area contributed by atoms with Gasteiger partial charge in [-0.05, 0) is 18.7 Å². The Hall–Kier alpha value is -1.55. The molecule has 0 heterocycles. The fourth-order valence-electron chi connectivity index (χ4n) is 1.42. The molecule has 17 heavy (non-hydrogen) atoms. The summed E-state index contributed by atoms with van der Waals surface area (Å²) in [5, 5.41) is 6.02. The number of carbonyl (C=O) groups excluding carboxylic acids is 1. The number of rotatable bonds is 6. The van der Waals surface area contributed by atoms with Crippen molar-refractivity contribution in [1.82, 2.24) is 5.32 Å². The Labute approximate surface area is 102 Å². The second-order valence-electron chi connectivity index (χ2n) is 3.93. The molecule has 0 aliphatic rings. The standard InChI is InChI=1S/C13H20N2O2/c1-4-14-9-10(2)13(16)15-11-6-5-7-12(8-11)17-3/h5-8,10,14H,4,9H2,1-3H3,(H,15,16). The topological polar surface area (TPSA) is 50.4 Å². The lowest BCUT2D eigenvalue weighted by Gasteiger charge is -2.12. The van der Waals surface area contributed by atoms with E-state index >= 15 is 0 Å². The summed E-state index contributed by atoms with van der Waals surface area (Å²) in [6.45, 7) is 5.48. The molecule has 2 N–H and O–H groups in total. The van der Waals surface area contributed by atoms with Gasteiger partial charge in [-0.3, -0.25) is 4.79 Å². The van der Waals surface area contributed by atoms with Crippen LogP contribution in [0.15, 0.2) is 24.3 Å². The predicted octanol–water partition coefficient (Wildman–Crippen LogP) is 1.88. The third-order valence-electron chi connectivity index (χ3n) is 2.49. The van der Waals surface area contributed by atoms with Gasteiger partial charge in [0.2, 0.25) is 5.91 Å². The molecular weight excluding hydrogens is 216 g/mol. The molecular formula is C13H20N2O2. The summed E-state index contributed by atoms with van der Waals surface area (Å²) in [5.74, 6) is 0.697. The van der Waals surface area contributed by atoms with Gasteiger partial charge in [0.15, 0.2) is 0 Å². The van der Waals surface area contributed by atoms with Crippen LogP contribution in [-0.4, -0.2) is 26.1 Å². The molecule has 0 aliphatic carbocycles. The lowest BCUT2D eigenvalue weighted by Crippen LogP contribution is -2.30. The quantitative estimate of drug-likeness (QED) is 0.793. The van der Waals surface area contributed by atoms with E-state index < -0.39 is 0 Å². The molecule has 0 fully saturated rings. The second kappa shape index (κ2) is 6.91. The molecule has 4 heteroatoms. The van der Waals surface area contributed by atoms with Crippen LogP contribution >= 0.6 is 0 Å². The van der Waals surface area contributed by atoms with Gasteiger partial charge in [0.1, 0.15) is 5.75 Å². The van der Waals surface area contributed by atoms with E-state index in [2.05, 4.69) is 10.6 Å². The first kappa shape index (κ1) is 13.5. The van der Waals surface area contributed by atoms with Crippen LogP contribution in [0, 0.1) is 5.92 Å². The maximum Gasteiger partial charge on any atom is 0.228 e. The smallest absolute Gasteiger partial charge is 0.228 e. The van der Waals surface area contributed by atoms with Gasteiger partial charge < -0.3 is 15.4 Å². The van der Waals surface area contributed by atoms with Crippen LogP contribution in [-0.2, 0) is 4.79 Å². The van der Waals surface area contributed by atoms with E-state index in [1.807, 2.05) is 32.0 Å². The molecule has 0 spiro atoms. The molecule has 0 aromatic heterocycles. The van der Waals surface area contributed by atoms with Crippen molar-refractivity contribution < 1.29 is 9.53 Å². The van der Waals surface area contributed by atoms with Crippen LogP contribution in [0.4, 0.5) is 5.69 Å². The molecule has 0 saturated heterocycles. The van der Waals surface area contributed by atoms with Gasteiger partial charge in [-0.15, -0.1) is 0 Å². The third-order valence-corrected chi connectivity index (χ3v) is 2.49. The lowest BCUT2D eigenvalue weighted by molar-refractivity contribution is -0.119. The van der Waals surface area contributed by atoms with E-state index in [1.54, 1.807) is 13.2 Å². The summed E-state index contributed by atoms with van der Waals surface area (Å²) in [4.78, 5) is 11.8. The Morgan fingerprint density at radius 2 is 2.24 bits per heavy atom. The average Bonchev–Trinajstić information content (AvgIpc) is 2.36. The van der Waals surface area contributed by atoms with Crippen molar-refractivity contribution in [3.63, 3.8) is 0 Å². The van der Waals surface area contributed by atoms with Gasteiger partial charge >= 0.3 is 0 Å². The van der Waals surface area contributed by atoms with Gasteiger partial charge in [-0.1, -0.05) is 19.9 Å². The Kier molecular flexibility index (Phi) is 5.49. The van der Waals surface area contributed by atoms with Gasteiger partial charge in [-0.25, -0.2) is 0 Å². The van der Waals surface area contributed by atoms with Crippen LogP contribution in [0.25, 0.3) is 0 Å². The number of nitrogens with one attached hydrogen (secondary N) is 2. The highest BCUT2D eigenvalue weighted by Gasteiger charge is 2.12. The van der Waals surface area contributed by atoms with Crippen LogP contribution in [0.3, 0.4) is 0 Å². The summed E-state index contributed by atoms with van der Waals surface area (Å²) in [6.07, 6.45) is 0. The minimum Gasteiger partial charge on any atom is -0.497 e. The van der Waals surface area contributed by atoms with Gasteiger partial charge in [0, 0.05) is 24.2 Å². The zero-order chi connectivity index (χ0) is 12.7. The molecule has 0 bridgehead atoms. The van der Waals surface area contributed by atoms with E-state index in [1.165, 1.54) is 0 Å². The highest BCUT2D eigenvalue weighted by atomic mass is 16.5. The minimum absolute atomic E-state index is 0.0132. The van der Waals surface area contributed by atoms with Gasteiger partial charge in [0.25, 0.3) is 0 Å². The van der Waals surface area contributed by atoms with Crippen LogP contribution in [0.2, 0.25) is 0 Å². The summed E-state index contributed by atoms with van der Waals surface area (Å²) in [6, 6.07) is 7.35. The fourth-order valence-corrected chi connectivity index (χ4v) is 1.42. The number of benzene rings is 1. The van der Waals surface area contributed by atoms with Crippen molar-refractivity contribution in [2.75, 3.05) is 25.5 Å². The van der Waals surface area contributed by atoms with Gasteiger partial charge in [0.05, 0.1) is 7.11 Å². The first-order valence-electron chi connectivity index (χ1n) is 5.83. The van der Waals surface area contributed by atoms with Crippen molar-refractivity contribution >= 4 is 11.6 Å². The van der Waals surface area contributed by atoms with E-state index in [0.29, 0.717) is 6.54 Å². The highest BCUT2D eigenvalue weighted by molar-refractivity contribution is 5.92. The Morgan fingerprint density at radius 1 is 1.47 bits per heavy atom. The molecule has 4 nitrogen and oxygen atoms in total. The molecule has 1 atom stereocenters. The molecule has 0 saturated carbocycles. The number of hydrogen-bond acceptors (Lipinski definition) is 3. The Balaban J connectivity index is 2.54. The summed E-state index contributed by atoms with van der Waals surface area (Å²) < 4.78 is 5.10. The number of ether oxygens (including phenoxy) is 1. The number of methoxy groups -OCH3 is 1. The minimum atomic E-state index is -0.0545. The van der Waals surface area contributed by atoms with Crippen LogP contribution in [0.1, 0.15) is 13.8 Å². The Morgan fingerprint density at radius 3 is 2.88 bits per heavy atom. The monoisotopic (exact) mass is 236 g/mol.